The third kappa shape index (κ3) is 11.2. The van der Waals surface area contributed by atoms with E-state index >= 15 is 0 Å². The average molecular weight is 192 g/mol. The predicted molar refractivity (Wildman–Crippen MR) is 66.5 cm³/mol. The smallest absolute Gasteiger partial charge is 0.0172 e. The Kier molecular flexibility index (Phi) is 11.5. The Balaban J connectivity index is 3.12. The van der Waals surface area contributed by atoms with Crippen molar-refractivity contribution in [2.24, 2.45) is 0 Å². The van der Waals surface area contributed by atoms with Crippen LogP contribution in [0.4, 0.5) is 0 Å². The van der Waals surface area contributed by atoms with Crippen LogP contribution in [0.3, 0.4) is 0 Å². The van der Waals surface area contributed by atoms with E-state index in [-0.39, 0.29) is 0 Å². The summed E-state index contributed by atoms with van der Waals surface area (Å²) >= 11 is 0. The molecule has 0 aliphatic carbocycles. The summed E-state index contributed by atoms with van der Waals surface area (Å²) in [5.74, 6) is 0. The van der Waals surface area contributed by atoms with Gasteiger partial charge in [-0.3, -0.25) is 0 Å². The Morgan fingerprint density at radius 2 is 1.43 bits per heavy atom. The van der Waals surface area contributed by atoms with Gasteiger partial charge in [0.25, 0.3) is 0 Å². The van der Waals surface area contributed by atoms with Crippen molar-refractivity contribution < 1.29 is 0 Å². The lowest BCUT2D eigenvalue weighted by Gasteiger charge is -1.91. The highest BCUT2D eigenvalue weighted by Gasteiger charge is 1.81. The minimum absolute atomic E-state index is 1.01. The normalized spacial score (nSPS) is 11.5. The summed E-state index contributed by atoms with van der Waals surface area (Å²) in [6.45, 7) is 5.91. The van der Waals surface area contributed by atoms with Crippen LogP contribution in [0.25, 0.3) is 0 Å². The topological polar surface area (TPSA) is 0 Å². The first-order valence-electron chi connectivity index (χ1n) is 5.82. The van der Waals surface area contributed by atoms with Gasteiger partial charge in [0.2, 0.25) is 0 Å². The zero-order valence-corrected chi connectivity index (χ0v) is 9.54. The van der Waals surface area contributed by atoms with Gasteiger partial charge in [-0.25, -0.2) is 0 Å². The lowest BCUT2D eigenvalue weighted by Crippen LogP contribution is -1.71. The van der Waals surface area contributed by atoms with Crippen LogP contribution in [0.15, 0.2) is 37.0 Å². The molecule has 0 atom stereocenters. The van der Waals surface area contributed by atoms with Crippen LogP contribution in [-0.2, 0) is 0 Å². The molecule has 0 fully saturated rings. The highest BCUT2D eigenvalue weighted by molar-refractivity contribution is 4.89. The van der Waals surface area contributed by atoms with Crippen LogP contribution in [-0.4, -0.2) is 0 Å². The van der Waals surface area contributed by atoms with Crippen LogP contribution in [0.5, 0.6) is 0 Å². The fourth-order valence-electron chi connectivity index (χ4n) is 1.22. The molecule has 0 saturated heterocycles. The molecular weight excluding hydrogens is 168 g/mol. The van der Waals surface area contributed by atoms with E-state index in [0.717, 1.165) is 6.42 Å². The quantitative estimate of drug-likeness (QED) is 0.355. The summed E-state index contributed by atoms with van der Waals surface area (Å²) < 4.78 is 0. The molecule has 14 heavy (non-hydrogen) atoms. The van der Waals surface area contributed by atoms with Crippen molar-refractivity contribution in [3.8, 4) is 0 Å². The Morgan fingerprint density at radius 1 is 0.857 bits per heavy atom. The van der Waals surface area contributed by atoms with Gasteiger partial charge in [0, 0.05) is 0 Å². The van der Waals surface area contributed by atoms with Crippen molar-refractivity contribution in [2.75, 3.05) is 0 Å². The maximum atomic E-state index is 3.67. The number of hydrogen-bond donors (Lipinski definition) is 0. The number of unbranched alkanes of at least 4 members (excludes halogenated alkanes) is 4. The Labute approximate surface area is 89.4 Å². The molecule has 80 valence electrons. The van der Waals surface area contributed by atoms with Gasteiger partial charge in [-0.15, -0.1) is 6.58 Å². The molecular formula is C14H24. The molecule has 0 spiro atoms. The van der Waals surface area contributed by atoms with Crippen LogP contribution in [0.2, 0.25) is 0 Å². The molecule has 0 aromatic carbocycles. The molecule has 0 saturated carbocycles. The second-order valence-corrected chi connectivity index (χ2v) is 3.54. The van der Waals surface area contributed by atoms with Crippen molar-refractivity contribution in [3.05, 3.63) is 37.0 Å². The van der Waals surface area contributed by atoms with Gasteiger partial charge in [0.15, 0.2) is 0 Å². The molecule has 0 aliphatic rings. The number of rotatable bonds is 9. The lowest BCUT2D eigenvalue weighted by molar-refractivity contribution is 0.805. The Morgan fingerprint density at radius 3 is 2.00 bits per heavy atom. The standard InChI is InChI=1S/C14H24/c1-3-5-7-9-11-13-14-12-10-8-6-4-2/h3,7,9-10,12H,1,4-6,8,11,13-14H2,2H3/b9-7+,12-10+. The molecule has 0 nitrogen and oxygen atoms in total. The SMILES string of the molecule is C=CC/C=C/CCC/C=C/CCCC. The summed E-state index contributed by atoms with van der Waals surface area (Å²) in [7, 11) is 0. The fraction of sp³-hybridized carbons (Fsp3) is 0.571. The molecule has 0 radical (unpaired) electrons. The van der Waals surface area contributed by atoms with E-state index < -0.39 is 0 Å². The second kappa shape index (κ2) is 12.2. The molecule has 0 aromatic rings. The van der Waals surface area contributed by atoms with E-state index in [1.165, 1.54) is 38.5 Å². The molecule has 0 heterocycles. The first-order valence-corrected chi connectivity index (χ1v) is 5.82. The zero-order chi connectivity index (χ0) is 10.5. The molecule has 0 aromatic heterocycles. The molecule has 0 unspecified atom stereocenters. The first-order chi connectivity index (χ1) is 6.91. The molecule has 0 aliphatic heterocycles. The first kappa shape index (κ1) is 13.2. The Bertz CT molecular complexity index is 163. The molecule has 0 amide bonds. The maximum absolute atomic E-state index is 3.67. The second-order valence-electron chi connectivity index (χ2n) is 3.54. The summed E-state index contributed by atoms with van der Waals surface area (Å²) in [5, 5.41) is 0. The molecule has 0 rings (SSSR count). The van der Waals surface area contributed by atoms with Crippen LogP contribution < -0.4 is 0 Å². The number of allylic oxidation sites excluding steroid dienone is 5. The number of hydrogen-bond acceptors (Lipinski definition) is 0. The maximum Gasteiger partial charge on any atom is -0.0172 e. The average Bonchev–Trinajstić information content (AvgIpc) is 2.21. The third-order valence-corrected chi connectivity index (χ3v) is 2.10. The van der Waals surface area contributed by atoms with Crippen LogP contribution in [0.1, 0.15) is 51.9 Å². The van der Waals surface area contributed by atoms with E-state index in [4.69, 9.17) is 0 Å². The summed E-state index contributed by atoms with van der Waals surface area (Å²) in [6.07, 6.45) is 19.6. The molecule has 0 heteroatoms. The van der Waals surface area contributed by atoms with E-state index in [9.17, 15) is 0 Å². The van der Waals surface area contributed by atoms with Gasteiger partial charge >= 0.3 is 0 Å². The van der Waals surface area contributed by atoms with Gasteiger partial charge in [-0.2, -0.15) is 0 Å². The highest BCUT2D eigenvalue weighted by Crippen LogP contribution is 2.01. The van der Waals surface area contributed by atoms with Gasteiger partial charge < -0.3 is 0 Å². The monoisotopic (exact) mass is 192 g/mol. The van der Waals surface area contributed by atoms with Gasteiger partial charge in [-0.05, 0) is 32.1 Å². The Hall–Kier alpha value is -0.780. The zero-order valence-electron chi connectivity index (χ0n) is 9.54. The van der Waals surface area contributed by atoms with Crippen molar-refractivity contribution in [3.63, 3.8) is 0 Å². The van der Waals surface area contributed by atoms with E-state index in [0.29, 0.717) is 0 Å². The minimum Gasteiger partial charge on any atom is -0.103 e. The van der Waals surface area contributed by atoms with Crippen molar-refractivity contribution >= 4 is 0 Å². The summed E-state index contributed by atoms with van der Waals surface area (Å²) in [4.78, 5) is 0. The third-order valence-electron chi connectivity index (χ3n) is 2.10. The highest BCUT2D eigenvalue weighted by atomic mass is 13.9. The predicted octanol–water partition coefficient (Wildman–Crippen LogP) is 5.04. The largest absolute Gasteiger partial charge is 0.103 e. The summed E-state index contributed by atoms with van der Waals surface area (Å²) in [6, 6.07) is 0. The fourth-order valence-corrected chi connectivity index (χ4v) is 1.22. The van der Waals surface area contributed by atoms with E-state index in [1.54, 1.807) is 0 Å². The minimum atomic E-state index is 1.01. The lowest BCUT2D eigenvalue weighted by atomic mass is 10.2. The van der Waals surface area contributed by atoms with Crippen LogP contribution >= 0.6 is 0 Å². The van der Waals surface area contributed by atoms with Crippen molar-refractivity contribution in [2.45, 2.75) is 51.9 Å². The van der Waals surface area contributed by atoms with Crippen molar-refractivity contribution in [1.82, 2.24) is 0 Å². The van der Waals surface area contributed by atoms with Crippen LogP contribution in [0, 0.1) is 0 Å². The summed E-state index contributed by atoms with van der Waals surface area (Å²) in [5.41, 5.74) is 0. The van der Waals surface area contributed by atoms with Gasteiger partial charge in [0.05, 0.1) is 0 Å². The van der Waals surface area contributed by atoms with Crippen molar-refractivity contribution in [1.29, 1.82) is 0 Å². The molecule has 0 N–H and O–H groups in total. The van der Waals surface area contributed by atoms with E-state index in [1.807, 2.05) is 6.08 Å². The van der Waals surface area contributed by atoms with E-state index in [2.05, 4.69) is 37.8 Å². The van der Waals surface area contributed by atoms with Gasteiger partial charge in [-0.1, -0.05) is 50.1 Å². The molecule has 0 bridgehead atoms. The van der Waals surface area contributed by atoms with Gasteiger partial charge in [0.1, 0.15) is 0 Å².